The van der Waals surface area contributed by atoms with Crippen LogP contribution in [0.5, 0.6) is 0 Å². The number of esters is 1. The molecule has 2 aliphatic rings. The van der Waals surface area contributed by atoms with Gasteiger partial charge in [0.25, 0.3) is 0 Å². The summed E-state index contributed by atoms with van der Waals surface area (Å²) < 4.78 is 13.8. The lowest BCUT2D eigenvalue weighted by molar-refractivity contribution is 0.0589. The number of unbranched alkanes of at least 4 members (excludes halogenated alkanes) is 1. The van der Waals surface area contributed by atoms with Gasteiger partial charge in [0.15, 0.2) is 17.1 Å². The first-order valence-corrected chi connectivity index (χ1v) is 19.4. The number of anilines is 1. The fourth-order valence-corrected chi connectivity index (χ4v) is 8.48. The molecule has 0 radical (unpaired) electrons. The molecule has 0 saturated heterocycles. The Balaban J connectivity index is 1.34. The number of carbonyl (C=O) groups excluding carboxylic acids is 1. The van der Waals surface area contributed by atoms with Gasteiger partial charge in [-0.15, -0.1) is 15.0 Å². The van der Waals surface area contributed by atoms with Crippen LogP contribution in [-0.2, 0) is 23.2 Å². The maximum absolute atomic E-state index is 13.4. The van der Waals surface area contributed by atoms with Crippen LogP contribution in [0.4, 0.5) is 5.82 Å². The number of carbonyl (C=O) groups is 1. The Morgan fingerprint density at radius 3 is 2.02 bits per heavy atom. The van der Waals surface area contributed by atoms with Crippen molar-refractivity contribution in [2.24, 2.45) is 0 Å². The number of ether oxygens (including phenoxy) is 1. The predicted octanol–water partition coefficient (Wildman–Crippen LogP) is 9.72. The van der Waals surface area contributed by atoms with Crippen molar-refractivity contribution in [1.82, 2.24) is 29.8 Å². The van der Waals surface area contributed by atoms with Gasteiger partial charge in [-0.2, -0.15) is 0 Å². The van der Waals surface area contributed by atoms with Crippen molar-refractivity contribution < 1.29 is 13.9 Å². The molecule has 1 aliphatic carbocycles. The minimum atomic E-state index is -0.933. The summed E-state index contributed by atoms with van der Waals surface area (Å²) in [5.74, 6) is 1.27. The third-order valence-electron chi connectivity index (χ3n) is 10.3. The minimum absolute atomic E-state index is 0.340. The lowest BCUT2D eigenvalue weighted by atomic mass is 9.77. The molecule has 0 fully saturated rings. The van der Waals surface area contributed by atoms with E-state index in [9.17, 15) is 4.79 Å². The van der Waals surface area contributed by atoms with Crippen LogP contribution in [0.3, 0.4) is 0 Å². The number of tetrazole rings is 1. The molecule has 4 aromatic carbocycles. The summed E-state index contributed by atoms with van der Waals surface area (Å²) in [7, 11) is 3.16. The van der Waals surface area contributed by atoms with E-state index in [4.69, 9.17) is 29.5 Å². The topological polar surface area (TPSA) is 113 Å². The number of nitrogens with zero attached hydrogens (tertiary/aromatic N) is 6. The summed E-state index contributed by atoms with van der Waals surface area (Å²) >= 11 is 3.98. The second-order valence-electron chi connectivity index (χ2n) is 13.5. The standard InChI is InChI=1S/C45H40BrN7O3/c1-4-5-25-38-48-43(47-2)41(44(54)55-3)52(38)28-36-33-26-27-56-29-37(33)40(46)39(36)34-23-15-16-24-35(34)42-49-51-53(50-42)45(30-17-9-6-10-18-30,31-19-11-7-12-20-31)32-21-13-8-14-22-32/h6-24,26-27,29,47H,4-5,25,28H2,1-3H3. The highest BCUT2D eigenvalue weighted by Gasteiger charge is 2.41. The van der Waals surface area contributed by atoms with Crippen molar-refractivity contribution in [2.75, 3.05) is 19.5 Å². The number of hydrogen-bond acceptors (Lipinski definition) is 8. The highest BCUT2D eigenvalue weighted by atomic mass is 79.9. The van der Waals surface area contributed by atoms with Crippen LogP contribution in [0.15, 0.2) is 143 Å². The first-order valence-electron chi connectivity index (χ1n) is 18.6. The maximum Gasteiger partial charge on any atom is 0.358 e. The number of nitrogens with one attached hydrogen (secondary N) is 1. The summed E-state index contributed by atoms with van der Waals surface area (Å²) in [5.41, 5.74) is 7.85. The van der Waals surface area contributed by atoms with Gasteiger partial charge < -0.3 is 19.0 Å². The monoisotopic (exact) mass is 805 g/mol. The fraction of sp³-hybridized carbons (Fsp3) is 0.178. The van der Waals surface area contributed by atoms with Crippen LogP contribution in [0.2, 0.25) is 0 Å². The molecule has 56 heavy (non-hydrogen) atoms. The number of rotatable bonds is 13. The Labute approximate surface area is 333 Å². The van der Waals surface area contributed by atoms with Crippen LogP contribution in [-0.4, -0.2) is 49.9 Å². The van der Waals surface area contributed by atoms with E-state index in [-0.39, 0.29) is 0 Å². The highest BCUT2D eigenvalue weighted by Crippen LogP contribution is 2.49. The molecular weight excluding hydrogens is 766 g/mol. The number of aryl methyl sites for hydroxylation is 1. The van der Waals surface area contributed by atoms with Gasteiger partial charge in [-0.25, -0.2) is 9.78 Å². The van der Waals surface area contributed by atoms with Crippen molar-refractivity contribution in [3.8, 4) is 33.6 Å². The molecule has 8 rings (SSSR count). The van der Waals surface area contributed by atoms with E-state index in [1.807, 2.05) is 83.4 Å². The zero-order chi connectivity index (χ0) is 38.6. The SMILES string of the molecule is CCCCc1nc(NC)c(C(=O)OC)n1Cc1c2ccocc-2c(Br)c1-c1ccccc1-c1nnn(C(c2ccccc2)(c2ccccc2)c2ccccc2)n1. The van der Waals surface area contributed by atoms with Crippen LogP contribution in [0.25, 0.3) is 33.6 Å². The molecule has 0 bridgehead atoms. The molecule has 2 aromatic heterocycles. The van der Waals surface area contributed by atoms with Gasteiger partial charge in [0.2, 0.25) is 5.82 Å². The predicted molar refractivity (Wildman–Crippen MR) is 221 cm³/mol. The third kappa shape index (κ3) is 6.27. The second-order valence-corrected chi connectivity index (χ2v) is 14.3. The lowest BCUT2D eigenvalue weighted by Crippen LogP contribution is -2.39. The Hall–Kier alpha value is -6.33. The van der Waals surface area contributed by atoms with E-state index in [0.29, 0.717) is 30.3 Å². The van der Waals surface area contributed by atoms with Gasteiger partial charge in [-0.05, 0) is 67.0 Å². The van der Waals surface area contributed by atoms with Gasteiger partial charge in [0.05, 0.1) is 26.2 Å². The molecule has 11 heteroatoms. The third-order valence-corrected chi connectivity index (χ3v) is 11.2. The summed E-state index contributed by atoms with van der Waals surface area (Å²) in [6, 6.07) is 40.9. The van der Waals surface area contributed by atoms with E-state index >= 15 is 0 Å². The summed E-state index contributed by atoms with van der Waals surface area (Å²) in [6.07, 6.45) is 6.00. The van der Waals surface area contributed by atoms with Crippen LogP contribution in [0, 0.1) is 0 Å². The van der Waals surface area contributed by atoms with E-state index in [1.54, 1.807) is 24.4 Å². The van der Waals surface area contributed by atoms with E-state index in [1.165, 1.54) is 7.11 Å². The van der Waals surface area contributed by atoms with Crippen molar-refractivity contribution in [3.05, 3.63) is 172 Å². The molecule has 1 N–H and O–H groups in total. The smallest absolute Gasteiger partial charge is 0.358 e. The molecule has 0 saturated carbocycles. The number of methoxy groups -OCH3 is 1. The summed E-state index contributed by atoms with van der Waals surface area (Å²) in [5, 5.41) is 18.0. The fourth-order valence-electron chi connectivity index (χ4n) is 7.72. The largest absolute Gasteiger partial charge is 0.472 e. The first kappa shape index (κ1) is 36.6. The van der Waals surface area contributed by atoms with Gasteiger partial charge >= 0.3 is 5.97 Å². The number of aromatic nitrogens is 6. The van der Waals surface area contributed by atoms with E-state index in [0.717, 1.165) is 73.2 Å². The van der Waals surface area contributed by atoms with Crippen molar-refractivity contribution in [3.63, 3.8) is 0 Å². The van der Waals surface area contributed by atoms with Gasteiger partial charge in [-0.1, -0.05) is 129 Å². The molecule has 10 nitrogen and oxygen atoms in total. The number of benzene rings is 4. The molecule has 0 atom stereocenters. The molecule has 0 spiro atoms. The Bertz CT molecular complexity index is 2470. The maximum atomic E-state index is 13.4. The lowest BCUT2D eigenvalue weighted by Gasteiger charge is -2.34. The van der Waals surface area contributed by atoms with Gasteiger partial charge in [0, 0.05) is 34.6 Å². The molecule has 280 valence electrons. The van der Waals surface area contributed by atoms with E-state index in [2.05, 4.69) is 70.6 Å². The first-order chi connectivity index (χ1) is 27.5. The minimum Gasteiger partial charge on any atom is -0.472 e. The average Bonchev–Trinajstić information content (AvgIpc) is 3.96. The molecule has 0 amide bonds. The van der Waals surface area contributed by atoms with E-state index < -0.39 is 11.5 Å². The molecule has 3 heterocycles. The van der Waals surface area contributed by atoms with Gasteiger partial charge in [-0.3, -0.25) is 0 Å². The number of halogens is 1. The Kier molecular flexibility index (Phi) is 10.3. The normalized spacial score (nSPS) is 11.6. The van der Waals surface area contributed by atoms with Crippen molar-refractivity contribution in [2.45, 2.75) is 38.3 Å². The Morgan fingerprint density at radius 2 is 1.43 bits per heavy atom. The quantitative estimate of drug-likeness (QED) is 0.0906. The van der Waals surface area contributed by atoms with Crippen LogP contribution in [0.1, 0.15) is 58.3 Å². The molecule has 0 unspecified atom stereocenters. The van der Waals surface area contributed by atoms with Crippen LogP contribution >= 0.6 is 15.9 Å². The van der Waals surface area contributed by atoms with Crippen molar-refractivity contribution >= 4 is 27.7 Å². The van der Waals surface area contributed by atoms with Gasteiger partial charge in [0.1, 0.15) is 5.82 Å². The molecule has 6 aromatic rings. The highest BCUT2D eigenvalue weighted by molar-refractivity contribution is 9.10. The molecule has 1 aliphatic heterocycles. The average molecular weight is 807 g/mol. The number of hydrogen-bond donors (Lipinski definition) is 1. The zero-order valence-electron chi connectivity index (χ0n) is 31.3. The number of imidazole rings is 1. The zero-order valence-corrected chi connectivity index (χ0v) is 32.9. The summed E-state index contributed by atoms with van der Waals surface area (Å²) in [6.45, 7) is 2.48. The second kappa shape index (κ2) is 15.8. The number of fused-ring (bicyclic) bond motifs is 1. The van der Waals surface area contributed by atoms with Crippen molar-refractivity contribution in [1.29, 1.82) is 0 Å². The van der Waals surface area contributed by atoms with Crippen LogP contribution < -0.4 is 5.32 Å². The summed E-state index contributed by atoms with van der Waals surface area (Å²) in [4.78, 5) is 20.0. The Morgan fingerprint density at radius 1 is 0.821 bits per heavy atom. The molecular formula is C45H40BrN7O3.